The number of aromatic nitrogens is 3. The van der Waals surface area contributed by atoms with Crippen LogP contribution in [0.2, 0.25) is 16.6 Å². The van der Waals surface area contributed by atoms with Crippen molar-refractivity contribution in [2.75, 3.05) is 17.2 Å². The maximum Gasteiger partial charge on any atom is 0.410 e. The monoisotopic (exact) mass is 785 g/mol. The number of thioether (sulfide) groups is 1. The summed E-state index contributed by atoms with van der Waals surface area (Å²) in [5, 5.41) is 14.1. The summed E-state index contributed by atoms with van der Waals surface area (Å²) in [5.41, 5.74) is 4.96. The average Bonchev–Trinajstić information content (AvgIpc) is 3.38. The molecular weight excluding hydrogens is 733 g/mol. The molecule has 0 saturated carbocycles. The van der Waals surface area contributed by atoms with E-state index < -0.39 is 31.4 Å². The fourth-order valence-corrected chi connectivity index (χ4v) is 15.5. The van der Waals surface area contributed by atoms with Crippen molar-refractivity contribution >= 4 is 53.4 Å². The van der Waals surface area contributed by atoms with Gasteiger partial charge in [-0.1, -0.05) is 90.4 Å². The minimum atomic E-state index is -2.26. The molecule has 0 aliphatic carbocycles. The molecule has 8 nitrogen and oxygen atoms in total. The molecular formula is C43H53F2N5O3SSi. The van der Waals surface area contributed by atoms with Crippen LogP contribution < -0.4 is 4.90 Å². The highest BCUT2D eigenvalue weighted by molar-refractivity contribution is 7.99. The zero-order chi connectivity index (χ0) is 39.7. The van der Waals surface area contributed by atoms with E-state index in [-0.39, 0.29) is 53.1 Å². The van der Waals surface area contributed by atoms with Crippen molar-refractivity contribution in [1.82, 2.24) is 19.9 Å². The number of amides is 1. The van der Waals surface area contributed by atoms with Crippen LogP contribution in [0.4, 0.5) is 19.4 Å². The topological polar surface area (TPSA) is 91.7 Å². The minimum absolute atomic E-state index is 0.0187. The Bertz CT molecular complexity index is 2210. The summed E-state index contributed by atoms with van der Waals surface area (Å²) in [6.07, 6.45) is 0.279. The van der Waals surface area contributed by atoms with Crippen LogP contribution in [0.1, 0.15) is 106 Å². The number of aliphatic hydroxyl groups is 1. The van der Waals surface area contributed by atoms with Gasteiger partial charge in [-0.2, -0.15) is 0 Å². The average molecular weight is 786 g/mol. The maximum atomic E-state index is 17.5. The van der Waals surface area contributed by atoms with Crippen LogP contribution in [-0.2, 0) is 4.74 Å². The van der Waals surface area contributed by atoms with Crippen molar-refractivity contribution in [3.05, 3.63) is 53.2 Å². The number of benzene rings is 2. The van der Waals surface area contributed by atoms with Gasteiger partial charge in [-0.3, -0.25) is 4.90 Å². The lowest BCUT2D eigenvalue weighted by Crippen LogP contribution is -2.62. The second kappa shape index (κ2) is 14.6. The Labute approximate surface area is 328 Å². The third kappa shape index (κ3) is 6.68. The highest BCUT2D eigenvalue weighted by Gasteiger charge is 2.52. The zero-order valence-electron chi connectivity index (χ0n) is 33.6. The van der Waals surface area contributed by atoms with Gasteiger partial charge in [0.15, 0.2) is 11.0 Å². The second-order valence-electron chi connectivity index (χ2n) is 17.3. The minimum Gasteiger partial charge on any atom is -0.444 e. The molecule has 0 spiro atoms. The third-order valence-electron chi connectivity index (χ3n) is 12.0. The zero-order valence-corrected chi connectivity index (χ0v) is 35.4. The number of aliphatic hydroxyl groups excluding tert-OH is 1. The lowest BCUT2D eigenvalue weighted by molar-refractivity contribution is 0.00452. The number of pyridine rings is 1. The highest BCUT2D eigenvalue weighted by Crippen LogP contribution is 2.48. The van der Waals surface area contributed by atoms with Gasteiger partial charge in [0.1, 0.15) is 36.5 Å². The number of anilines is 1. The van der Waals surface area contributed by atoms with Gasteiger partial charge in [-0.25, -0.2) is 28.5 Å². The van der Waals surface area contributed by atoms with E-state index in [9.17, 15) is 9.90 Å². The Balaban J connectivity index is 1.44. The normalized spacial score (nSPS) is 21.0. The molecule has 2 aromatic heterocycles. The molecule has 2 saturated heterocycles. The van der Waals surface area contributed by atoms with E-state index in [0.717, 1.165) is 12.8 Å². The Morgan fingerprint density at radius 3 is 2.36 bits per heavy atom. The summed E-state index contributed by atoms with van der Waals surface area (Å²) in [6, 6.07) is 7.88. The van der Waals surface area contributed by atoms with Crippen LogP contribution in [-0.4, -0.2) is 75.1 Å². The van der Waals surface area contributed by atoms with Gasteiger partial charge < -0.3 is 14.7 Å². The largest absolute Gasteiger partial charge is 0.444 e. The number of nitrogens with zero attached hydrogens (tertiary/aromatic N) is 5. The number of carbonyl (C=O) groups is 1. The molecule has 55 heavy (non-hydrogen) atoms. The molecule has 12 heteroatoms. The van der Waals surface area contributed by atoms with E-state index in [1.54, 1.807) is 12.1 Å². The predicted molar refractivity (Wildman–Crippen MR) is 220 cm³/mol. The molecule has 4 atom stereocenters. The van der Waals surface area contributed by atoms with Crippen LogP contribution in [0.5, 0.6) is 0 Å². The number of ether oxygens (including phenoxy) is 1. The molecule has 4 aromatic rings. The molecule has 0 radical (unpaired) electrons. The quantitative estimate of drug-likeness (QED) is 0.0895. The van der Waals surface area contributed by atoms with Crippen molar-refractivity contribution in [2.45, 2.75) is 140 Å². The summed E-state index contributed by atoms with van der Waals surface area (Å²) in [5.74, 6) is 3.39. The molecule has 1 amide bonds. The Morgan fingerprint density at radius 2 is 1.71 bits per heavy atom. The lowest BCUT2D eigenvalue weighted by Gasteiger charge is -2.47. The van der Waals surface area contributed by atoms with Crippen molar-refractivity contribution in [3.63, 3.8) is 0 Å². The Hall–Kier alpha value is -3.79. The molecule has 7 rings (SSSR count). The standard InChI is InChI=1S/C43H53F2N5O3SSi/c1-11-54-41-47-39-35-38(33(51)21-32-31-18-16-27(22-49(32)40(35)48-41)50(31)42(52)53-43(8,9)10)46-37(36(39)45)29-14-12-13-26-15-17-30(44)28(34(26)29)19-20-55(23(2)3,24(4)5)25(6)7/h12-15,17,23-25,27,31-33,51H,11,16,18,21-22H2,1-10H3/t27-,31+,32-,33-/m1/s1. The SMILES string of the molecule is CCSc1nc2c3c(nc(-c4cccc5ccc(F)c(C#C[Si](C(C)C)(C(C)C)C(C)C)c45)c(F)c3n1)[C@H](O)C[C@@H]1[C@@H]3CC[C@H](CN21)N3C(=O)OC(C)(C)C. The summed E-state index contributed by atoms with van der Waals surface area (Å²) >= 11 is 1.41. The Kier molecular flexibility index (Phi) is 10.5. The number of halogens is 2. The molecule has 1 N–H and O–H groups in total. The molecule has 3 aliphatic heterocycles. The first-order valence-electron chi connectivity index (χ1n) is 19.7. The van der Waals surface area contributed by atoms with Gasteiger partial charge in [0.2, 0.25) is 0 Å². The van der Waals surface area contributed by atoms with Crippen molar-refractivity contribution in [1.29, 1.82) is 0 Å². The smallest absolute Gasteiger partial charge is 0.410 e. The van der Waals surface area contributed by atoms with Gasteiger partial charge in [0.25, 0.3) is 0 Å². The maximum absolute atomic E-state index is 17.5. The number of fused-ring (bicyclic) bond motifs is 6. The fraction of sp³-hybridized carbons (Fsp3) is 0.535. The van der Waals surface area contributed by atoms with Gasteiger partial charge in [0.05, 0.1) is 40.9 Å². The summed E-state index contributed by atoms with van der Waals surface area (Å²) < 4.78 is 39.4. The van der Waals surface area contributed by atoms with Gasteiger partial charge >= 0.3 is 6.09 Å². The van der Waals surface area contributed by atoms with E-state index in [0.29, 0.717) is 61.6 Å². The van der Waals surface area contributed by atoms with Crippen LogP contribution >= 0.6 is 11.8 Å². The Morgan fingerprint density at radius 1 is 1.00 bits per heavy atom. The number of hydrogen-bond acceptors (Lipinski definition) is 8. The van der Waals surface area contributed by atoms with Crippen molar-refractivity contribution < 1.29 is 23.4 Å². The molecule has 5 heterocycles. The number of piperazine rings is 1. The van der Waals surface area contributed by atoms with Crippen LogP contribution in [0.25, 0.3) is 32.9 Å². The first-order valence-corrected chi connectivity index (χ1v) is 22.9. The van der Waals surface area contributed by atoms with Crippen molar-refractivity contribution in [3.8, 4) is 22.7 Å². The van der Waals surface area contributed by atoms with Gasteiger partial charge in [-0.15, -0.1) is 5.54 Å². The molecule has 2 fully saturated rings. The summed E-state index contributed by atoms with van der Waals surface area (Å²) in [6.45, 7) is 21.3. The third-order valence-corrected chi connectivity index (χ3v) is 19.0. The van der Waals surface area contributed by atoms with Gasteiger partial charge in [0, 0.05) is 23.9 Å². The molecule has 2 bridgehead atoms. The van der Waals surface area contributed by atoms with E-state index in [1.165, 1.54) is 17.8 Å². The second-order valence-corrected chi connectivity index (χ2v) is 24.1. The number of hydrogen-bond donors (Lipinski definition) is 1. The van der Waals surface area contributed by atoms with E-state index >= 15 is 8.78 Å². The first-order chi connectivity index (χ1) is 26.0. The number of rotatable bonds is 6. The summed E-state index contributed by atoms with van der Waals surface area (Å²) in [4.78, 5) is 32.3. The van der Waals surface area contributed by atoms with Gasteiger partial charge in [-0.05, 0) is 67.4 Å². The lowest BCUT2D eigenvalue weighted by atomic mass is 9.95. The molecule has 2 aromatic carbocycles. The van der Waals surface area contributed by atoms with E-state index in [4.69, 9.17) is 19.7 Å². The molecule has 3 aliphatic rings. The van der Waals surface area contributed by atoms with E-state index in [1.807, 2.05) is 44.7 Å². The molecule has 292 valence electrons. The molecule has 0 unspecified atom stereocenters. The first kappa shape index (κ1) is 39.4. The fourth-order valence-electron chi connectivity index (χ4n) is 9.77. The highest BCUT2D eigenvalue weighted by atomic mass is 32.2. The summed E-state index contributed by atoms with van der Waals surface area (Å²) in [7, 11) is -2.26. The van der Waals surface area contributed by atoms with E-state index in [2.05, 4.69) is 57.9 Å². The van der Waals surface area contributed by atoms with Crippen LogP contribution in [0, 0.1) is 23.1 Å². The van der Waals surface area contributed by atoms with Crippen molar-refractivity contribution in [2.24, 2.45) is 0 Å². The van der Waals surface area contributed by atoms with Crippen LogP contribution in [0.3, 0.4) is 0 Å². The predicted octanol–water partition coefficient (Wildman–Crippen LogP) is 10.2. The van der Waals surface area contributed by atoms with Crippen LogP contribution in [0.15, 0.2) is 35.5 Å². The number of carbonyl (C=O) groups excluding carboxylic acids is 1.